The summed E-state index contributed by atoms with van der Waals surface area (Å²) in [4.78, 5) is 18.7. The Morgan fingerprint density at radius 3 is 2.61 bits per heavy atom. The maximum absolute atomic E-state index is 12.5. The number of likely N-dealkylation sites (tertiary alicyclic amines) is 1. The second-order valence-corrected chi connectivity index (χ2v) is 8.63. The molecule has 150 valence electrons. The average molecular weight is 383 g/mol. The molecule has 6 heteroatoms. The normalized spacial score (nSPS) is 23.3. The number of urea groups is 1. The summed E-state index contributed by atoms with van der Waals surface area (Å²) in [7, 11) is 0. The number of carbonyl (C=O) groups excluding carboxylic acids is 1. The summed E-state index contributed by atoms with van der Waals surface area (Å²) in [5, 5.41) is 14.3. The standard InChI is InChI=1S/C22H29N3O3/c1-22(2,27)16-8-10-17(11-9-16)24-21(26)25-13-18(14-25)28-19-7-3-5-15-6-4-12-23-20(15)19/h3-7,12,16-18,27H,8-11,13-14H2,1-2H3,(H,24,26)/t16-,17-. The average Bonchev–Trinajstić information content (AvgIpc) is 2.64. The minimum atomic E-state index is -0.631. The molecule has 1 aromatic carbocycles. The van der Waals surface area contributed by atoms with Crippen molar-refractivity contribution in [3.63, 3.8) is 0 Å². The van der Waals surface area contributed by atoms with Crippen LogP contribution in [0.4, 0.5) is 4.79 Å². The number of aliphatic hydroxyl groups is 1. The largest absolute Gasteiger partial charge is 0.484 e. The molecule has 0 atom stereocenters. The molecular weight excluding hydrogens is 354 g/mol. The zero-order chi connectivity index (χ0) is 19.7. The van der Waals surface area contributed by atoms with E-state index in [1.54, 1.807) is 11.1 Å². The number of amides is 2. The van der Waals surface area contributed by atoms with Crippen molar-refractivity contribution in [3.05, 3.63) is 36.5 Å². The fraction of sp³-hybridized carbons (Fsp3) is 0.545. The number of nitrogens with zero attached hydrogens (tertiary/aromatic N) is 2. The minimum absolute atomic E-state index is 0.00396. The van der Waals surface area contributed by atoms with Crippen molar-refractivity contribution < 1.29 is 14.6 Å². The van der Waals surface area contributed by atoms with Gasteiger partial charge in [0, 0.05) is 17.6 Å². The van der Waals surface area contributed by atoms with Gasteiger partial charge >= 0.3 is 6.03 Å². The van der Waals surface area contributed by atoms with Gasteiger partial charge in [-0.3, -0.25) is 4.98 Å². The molecule has 2 fully saturated rings. The van der Waals surface area contributed by atoms with Gasteiger partial charge in [-0.1, -0.05) is 18.2 Å². The summed E-state index contributed by atoms with van der Waals surface area (Å²) in [5.41, 5.74) is 0.226. The van der Waals surface area contributed by atoms with E-state index in [9.17, 15) is 9.90 Å². The topological polar surface area (TPSA) is 74.7 Å². The first kappa shape index (κ1) is 19.0. The third kappa shape index (κ3) is 4.07. The van der Waals surface area contributed by atoms with Crippen LogP contribution in [-0.4, -0.2) is 51.9 Å². The van der Waals surface area contributed by atoms with E-state index in [4.69, 9.17) is 4.74 Å². The maximum Gasteiger partial charge on any atom is 0.317 e. The predicted molar refractivity (Wildman–Crippen MR) is 108 cm³/mol. The summed E-state index contributed by atoms with van der Waals surface area (Å²) in [6.07, 6.45) is 5.53. The number of fused-ring (bicyclic) bond motifs is 1. The van der Waals surface area contributed by atoms with Crippen LogP contribution in [-0.2, 0) is 0 Å². The minimum Gasteiger partial charge on any atom is -0.484 e. The molecule has 1 aliphatic heterocycles. The van der Waals surface area contributed by atoms with Gasteiger partial charge in [0.2, 0.25) is 0 Å². The molecule has 6 nitrogen and oxygen atoms in total. The lowest BCUT2D eigenvalue weighted by molar-refractivity contribution is -0.00326. The van der Waals surface area contributed by atoms with E-state index < -0.39 is 5.60 Å². The van der Waals surface area contributed by atoms with Gasteiger partial charge in [0.05, 0.1) is 18.7 Å². The fourth-order valence-electron chi connectivity index (χ4n) is 4.24. The molecule has 0 radical (unpaired) electrons. The van der Waals surface area contributed by atoms with Crippen LogP contribution >= 0.6 is 0 Å². The van der Waals surface area contributed by atoms with Crippen molar-refractivity contribution in [1.29, 1.82) is 0 Å². The first-order valence-electron chi connectivity index (χ1n) is 10.2. The van der Waals surface area contributed by atoms with E-state index in [0.29, 0.717) is 19.0 Å². The number of pyridine rings is 1. The molecule has 28 heavy (non-hydrogen) atoms. The van der Waals surface area contributed by atoms with E-state index in [-0.39, 0.29) is 18.2 Å². The number of carbonyl (C=O) groups is 1. The van der Waals surface area contributed by atoms with Gasteiger partial charge in [-0.15, -0.1) is 0 Å². The predicted octanol–water partition coefficient (Wildman–Crippen LogP) is 3.34. The highest BCUT2D eigenvalue weighted by molar-refractivity contribution is 5.84. The third-order valence-corrected chi connectivity index (χ3v) is 6.08. The molecule has 2 amide bonds. The van der Waals surface area contributed by atoms with Gasteiger partial charge in [-0.2, -0.15) is 0 Å². The quantitative estimate of drug-likeness (QED) is 0.849. The lowest BCUT2D eigenvalue weighted by Gasteiger charge is -2.41. The highest BCUT2D eigenvalue weighted by atomic mass is 16.5. The Kier molecular flexibility index (Phi) is 5.15. The van der Waals surface area contributed by atoms with Crippen LogP contribution in [0.3, 0.4) is 0 Å². The second kappa shape index (κ2) is 7.59. The Morgan fingerprint density at radius 2 is 1.89 bits per heavy atom. The van der Waals surface area contributed by atoms with Crippen LogP contribution in [0.1, 0.15) is 39.5 Å². The van der Waals surface area contributed by atoms with E-state index in [0.717, 1.165) is 42.3 Å². The molecule has 0 bridgehead atoms. The Labute approximate surface area is 165 Å². The lowest BCUT2D eigenvalue weighted by atomic mass is 9.77. The SMILES string of the molecule is CC(C)(O)[C@H]1CC[C@H](NC(=O)N2CC(Oc3cccc4cccnc34)C2)CC1. The summed E-state index contributed by atoms with van der Waals surface area (Å²) < 4.78 is 6.07. The molecule has 2 aliphatic rings. The summed E-state index contributed by atoms with van der Waals surface area (Å²) >= 11 is 0. The molecule has 1 saturated carbocycles. The zero-order valence-electron chi connectivity index (χ0n) is 16.6. The highest BCUT2D eigenvalue weighted by Gasteiger charge is 2.35. The molecular formula is C22H29N3O3. The molecule has 0 unspecified atom stereocenters. The van der Waals surface area contributed by atoms with Gasteiger partial charge in [-0.25, -0.2) is 4.79 Å². The number of para-hydroxylation sites is 1. The first-order chi connectivity index (χ1) is 13.4. The van der Waals surface area contributed by atoms with E-state index in [2.05, 4.69) is 10.3 Å². The van der Waals surface area contributed by atoms with Crippen LogP contribution in [0.25, 0.3) is 10.9 Å². The van der Waals surface area contributed by atoms with Gasteiger partial charge < -0.3 is 20.1 Å². The molecule has 1 aromatic heterocycles. The lowest BCUT2D eigenvalue weighted by Crippen LogP contribution is -2.60. The Hall–Kier alpha value is -2.34. The number of ether oxygens (including phenoxy) is 1. The number of aromatic nitrogens is 1. The Balaban J connectivity index is 1.25. The Morgan fingerprint density at radius 1 is 1.18 bits per heavy atom. The molecule has 1 aliphatic carbocycles. The number of hydrogen-bond acceptors (Lipinski definition) is 4. The Bertz CT molecular complexity index is 829. The molecule has 1 saturated heterocycles. The molecule has 2 aromatic rings. The van der Waals surface area contributed by atoms with Crippen LogP contribution in [0, 0.1) is 5.92 Å². The molecule has 0 spiro atoms. The summed E-state index contributed by atoms with van der Waals surface area (Å²) in [6, 6.07) is 10.0. The van der Waals surface area contributed by atoms with Gasteiger partial charge in [0.1, 0.15) is 17.4 Å². The van der Waals surface area contributed by atoms with Crippen LogP contribution in [0.5, 0.6) is 5.75 Å². The highest BCUT2D eigenvalue weighted by Crippen LogP contribution is 2.32. The van der Waals surface area contributed by atoms with Crippen LogP contribution in [0.15, 0.2) is 36.5 Å². The van der Waals surface area contributed by atoms with Crippen molar-refractivity contribution in [3.8, 4) is 5.75 Å². The third-order valence-electron chi connectivity index (χ3n) is 6.08. The van der Waals surface area contributed by atoms with Gasteiger partial charge in [0.25, 0.3) is 0 Å². The van der Waals surface area contributed by atoms with Crippen LogP contribution < -0.4 is 10.1 Å². The van der Waals surface area contributed by atoms with Crippen molar-refractivity contribution in [2.75, 3.05) is 13.1 Å². The smallest absolute Gasteiger partial charge is 0.317 e. The number of hydrogen-bond donors (Lipinski definition) is 2. The van der Waals surface area contributed by atoms with E-state index >= 15 is 0 Å². The van der Waals surface area contributed by atoms with Crippen molar-refractivity contribution in [1.82, 2.24) is 15.2 Å². The fourth-order valence-corrected chi connectivity index (χ4v) is 4.24. The van der Waals surface area contributed by atoms with Crippen molar-refractivity contribution in [2.45, 2.75) is 57.3 Å². The number of benzene rings is 1. The van der Waals surface area contributed by atoms with E-state index in [1.807, 2.05) is 44.2 Å². The van der Waals surface area contributed by atoms with E-state index in [1.165, 1.54) is 0 Å². The monoisotopic (exact) mass is 383 g/mol. The molecule has 4 rings (SSSR count). The molecule has 2 heterocycles. The first-order valence-corrected chi connectivity index (χ1v) is 10.2. The summed E-state index contributed by atoms with van der Waals surface area (Å²) in [6.45, 7) is 4.94. The second-order valence-electron chi connectivity index (χ2n) is 8.63. The van der Waals surface area contributed by atoms with Crippen molar-refractivity contribution >= 4 is 16.9 Å². The van der Waals surface area contributed by atoms with Gasteiger partial charge in [0.15, 0.2) is 0 Å². The summed E-state index contributed by atoms with van der Waals surface area (Å²) in [5.74, 6) is 1.09. The molecule has 2 N–H and O–H groups in total. The zero-order valence-corrected chi connectivity index (χ0v) is 16.6. The van der Waals surface area contributed by atoms with Gasteiger partial charge in [-0.05, 0) is 57.6 Å². The number of rotatable bonds is 4. The maximum atomic E-state index is 12.5. The number of nitrogens with one attached hydrogen (secondary N) is 1. The van der Waals surface area contributed by atoms with Crippen LogP contribution in [0.2, 0.25) is 0 Å². The van der Waals surface area contributed by atoms with Crippen molar-refractivity contribution in [2.24, 2.45) is 5.92 Å².